The van der Waals surface area contributed by atoms with Gasteiger partial charge in [0.15, 0.2) is 6.04 Å². The summed E-state index contributed by atoms with van der Waals surface area (Å²) < 4.78 is 0. The molecule has 0 saturated heterocycles. The van der Waals surface area contributed by atoms with Crippen LogP contribution in [0.5, 0.6) is 0 Å². The molecule has 1 aromatic carbocycles. The molecule has 6 heteroatoms. The van der Waals surface area contributed by atoms with Gasteiger partial charge in [-0.2, -0.15) is 0 Å². The fraction of sp³-hybridized carbons (Fsp3) is 0.250. The lowest BCUT2D eigenvalue weighted by molar-refractivity contribution is -0.682. The number of amides is 3. The predicted molar refractivity (Wildman–Crippen MR) is 86.6 cm³/mol. The van der Waals surface area contributed by atoms with Crippen LogP contribution in [0.25, 0.3) is 0 Å². The molecule has 1 aromatic heterocycles. The summed E-state index contributed by atoms with van der Waals surface area (Å²) in [6.45, 7) is 0.779. The molecule has 22 heavy (non-hydrogen) atoms. The Hall–Kier alpha value is -2.18. The molecule has 0 unspecified atom stereocenters. The van der Waals surface area contributed by atoms with E-state index in [9.17, 15) is 9.59 Å². The van der Waals surface area contributed by atoms with Gasteiger partial charge in [-0.05, 0) is 11.4 Å². The summed E-state index contributed by atoms with van der Waals surface area (Å²) in [6.07, 6.45) is 0.897. The van der Waals surface area contributed by atoms with Crippen LogP contribution in [0.1, 0.15) is 16.5 Å². The van der Waals surface area contributed by atoms with Crippen LogP contribution in [0, 0.1) is 0 Å². The third kappa shape index (κ3) is 4.68. The average Bonchev–Trinajstić information content (AvgIpc) is 3.05. The smallest absolute Gasteiger partial charge is 0.321 e. The second-order valence-electron chi connectivity index (χ2n) is 4.81. The molecular weight excluding hydrogens is 298 g/mol. The summed E-state index contributed by atoms with van der Waals surface area (Å²) in [4.78, 5) is 25.0. The number of rotatable bonds is 6. The van der Waals surface area contributed by atoms with Crippen molar-refractivity contribution in [2.45, 2.75) is 12.5 Å². The molecule has 2 rings (SSSR count). The standard InChI is InChI=1S/C16H19N3O2S/c1-17-16(21)19-15(20)14(12-6-3-2-4-7-12)18-10-9-13-8-5-11-22-13/h2-8,11,14,18H,9-10H2,1H3,(H2,17,19,20,21)/p+1/t14-/m0/s1. The van der Waals surface area contributed by atoms with Crippen molar-refractivity contribution in [3.63, 3.8) is 0 Å². The first-order valence-corrected chi connectivity index (χ1v) is 8.02. The summed E-state index contributed by atoms with van der Waals surface area (Å²) in [7, 11) is 1.49. The van der Waals surface area contributed by atoms with Crippen LogP contribution in [-0.4, -0.2) is 25.5 Å². The lowest BCUT2D eigenvalue weighted by Gasteiger charge is -2.15. The average molecular weight is 318 g/mol. The van der Waals surface area contributed by atoms with E-state index in [0.29, 0.717) is 0 Å². The highest BCUT2D eigenvalue weighted by Crippen LogP contribution is 2.10. The highest BCUT2D eigenvalue weighted by atomic mass is 32.1. The Balaban J connectivity index is 2.01. The molecule has 5 nitrogen and oxygen atoms in total. The number of nitrogens with one attached hydrogen (secondary N) is 2. The van der Waals surface area contributed by atoms with E-state index < -0.39 is 12.1 Å². The fourth-order valence-corrected chi connectivity index (χ4v) is 2.88. The monoisotopic (exact) mass is 318 g/mol. The largest absolute Gasteiger partial charge is 0.341 e. The molecule has 0 bridgehead atoms. The molecule has 0 fully saturated rings. The van der Waals surface area contributed by atoms with E-state index in [1.54, 1.807) is 11.3 Å². The van der Waals surface area contributed by atoms with Gasteiger partial charge in [-0.15, -0.1) is 11.3 Å². The molecule has 4 N–H and O–H groups in total. The summed E-state index contributed by atoms with van der Waals surface area (Å²) in [5.74, 6) is -0.309. The molecule has 3 amide bonds. The minimum atomic E-state index is -0.488. The van der Waals surface area contributed by atoms with Gasteiger partial charge in [0.25, 0.3) is 5.91 Å². The first-order chi connectivity index (χ1) is 10.7. The first-order valence-electron chi connectivity index (χ1n) is 7.14. The van der Waals surface area contributed by atoms with Crippen LogP contribution in [0.3, 0.4) is 0 Å². The van der Waals surface area contributed by atoms with E-state index in [1.165, 1.54) is 11.9 Å². The van der Waals surface area contributed by atoms with Gasteiger partial charge < -0.3 is 10.6 Å². The number of carbonyl (C=O) groups is 2. The van der Waals surface area contributed by atoms with Crippen LogP contribution >= 0.6 is 11.3 Å². The van der Waals surface area contributed by atoms with E-state index in [1.807, 2.05) is 47.1 Å². The third-order valence-electron chi connectivity index (χ3n) is 3.28. The van der Waals surface area contributed by atoms with Crippen molar-refractivity contribution in [2.24, 2.45) is 0 Å². The highest BCUT2D eigenvalue weighted by Gasteiger charge is 2.25. The third-order valence-corrected chi connectivity index (χ3v) is 4.21. The Labute approximate surface area is 133 Å². The SMILES string of the molecule is CNC(=O)NC(=O)[C@@H]([NH2+]CCc1cccs1)c1ccccc1. The first kappa shape index (κ1) is 16.2. The van der Waals surface area contributed by atoms with Gasteiger partial charge >= 0.3 is 6.03 Å². The Bertz CT molecular complexity index is 599. The van der Waals surface area contributed by atoms with Gasteiger partial charge in [0.2, 0.25) is 0 Å². The number of imide groups is 1. The van der Waals surface area contributed by atoms with Gasteiger partial charge in [-0.1, -0.05) is 36.4 Å². The molecule has 1 heterocycles. The number of hydrogen-bond donors (Lipinski definition) is 3. The summed E-state index contributed by atoms with van der Waals surface area (Å²) in [6, 6.07) is 12.7. The zero-order chi connectivity index (χ0) is 15.8. The van der Waals surface area contributed by atoms with Crippen molar-refractivity contribution in [2.75, 3.05) is 13.6 Å². The van der Waals surface area contributed by atoms with Crippen molar-refractivity contribution >= 4 is 23.3 Å². The van der Waals surface area contributed by atoms with E-state index in [0.717, 1.165) is 18.5 Å². The van der Waals surface area contributed by atoms with Crippen LogP contribution in [0.2, 0.25) is 0 Å². The van der Waals surface area contributed by atoms with Crippen molar-refractivity contribution in [3.8, 4) is 0 Å². The lowest BCUT2D eigenvalue weighted by atomic mass is 10.1. The van der Waals surface area contributed by atoms with Gasteiger partial charge in [-0.25, -0.2) is 4.79 Å². The topological polar surface area (TPSA) is 74.8 Å². The fourth-order valence-electron chi connectivity index (χ4n) is 2.15. The molecular formula is C16H20N3O2S+. The minimum absolute atomic E-state index is 0.309. The maximum Gasteiger partial charge on any atom is 0.321 e. The Morgan fingerprint density at radius 2 is 1.95 bits per heavy atom. The van der Waals surface area contributed by atoms with Gasteiger partial charge in [0.05, 0.1) is 6.54 Å². The zero-order valence-corrected chi connectivity index (χ0v) is 13.2. The number of carbonyl (C=O) groups excluding carboxylic acids is 2. The molecule has 0 aliphatic rings. The summed E-state index contributed by atoms with van der Waals surface area (Å²) in [5, 5.41) is 8.76. The Morgan fingerprint density at radius 1 is 1.18 bits per heavy atom. The van der Waals surface area contributed by atoms with Crippen molar-refractivity contribution in [3.05, 3.63) is 58.3 Å². The maximum absolute atomic E-state index is 12.3. The Kier molecular flexibility index (Phi) is 6.12. The van der Waals surface area contributed by atoms with Gasteiger partial charge in [0, 0.05) is 23.9 Å². The number of nitrogens with two attached hydrogens (primary N) is 1. The molecule has 0 aliphatic carbocycles. The summed E-state index contributed by atoms with van der Waals surface area (Å²) in [5.41, 5.74) is 0.884. The predicted octanol–water partition coefficient (Wildman–Crippen LogP) is 1.05. The second kappa shape index (κ2) is 8.31. The van der Waals surface area contributed by atoms with Gasteiger partial charge in [-0.3, -0.25) is 10.1 Å². The quantitative estimate of drug-likeness (QED) is 0.745. The molecule has 2 aromatic rings. The highest BCUT2D eigenvalue weighted by molar-refractivity contribution is 7.09. The van der Waals surface area contributed by atoms with E-state index in [-0.39, 0.29) is 5.91 Å². The van der Waals surface area contributed by atoms with Crippen LogP contribution in [-0.2, 0) is 11.2 Å². The van der Waals surface area contributed by atoms with Crippen LogP contribution in [0.15, 0.2) is 47.8 Å². The van der Waals surface area contributed by atoms with Gasteiger partial charge in [0.1, 0.15) is 0 Å². The molecule has 0 radical (unpaired) electrons. The molecule has 0 spiro atoms. The summed E-state index contributed by atoms with van der Waals surface area (Å²) >= 11 is 1.71. The Morgan fingerprint density at radius 3 is 2.59 bits per heavy atom. The second-order valence-corrected chi connectivity index (χ2v) is 5.84. The molecule has 1 atom stereocenters. The van der Waals surface area contributed by atoms with Crippen molar-refractivity contribution in [1.82, 2.24) is 10.6 Å². The number of quaternary nitrogens is 1. The van der Waals surface area contributed by atoms with Crippen molar-refractivity contribution in [1.29, 1.82) is 0 Å². The van der Waals surface area contributed by atoms with Crippen molar-refractivity contribution < 1.29 is 14.9 Å². The van der Waals surface area contributed by atoms with E-state index in [4.69, 9.17) is 0 Å². The zero-order valence-electron chi connectivity index (χ0n) is 12.4. The molecule has 0 aliphatic heterocycles. The minimum Gasteiger partial charge on any atom is -0.341 e. The maximum atomic E-state index is 12.3. The number of hydrogen-bond acceptors (Lipinski definition) is 3. The molecule has 0 saturated carbocycles. The lowest BCUT2D eigenvalue weighted by Crippen LogP contribution is -2.88. The number of urea groups is 1. The van der Waals surface area contributed by atoms with E-state index >= 15 is 0 Å². The van der Waals surface area contributed by atoms with E-state index in [2.05, 4.69) is 16.7 Å². The van der Waals surface area contributed by atoms with Crippen LogP contribution < -0.4 is 16.0 Å². The number of thiophene rings is 1. The number of benzene rings is 1. The normalized spacial score (nSPS) is 11.7. The van der Waals surface area contributed by atoms with Crippen LogP contribution in [0.4, 0.5) is 4.79 Å². The molecule has 116 valence electrons.